The maximum atomic E-state index is 11.9. The third-order valence-corrected chi connectivity index (χ3v) is 6.43. The van der Waals surface area contributed by atoms with Crippen LogP contribution < -0.4 is 0 Å². The summed E-state index contributed by atoms with van der Waals surface area (Å²) in [6.45, 7) is 7.62. The fourth-order valence-corrected chi connectivity index (χ4v) is 4.54. The van der Waals surface area contributed by atoms with Crippen molar-refractivity contribution in [3.8, 4) is 0 Å². The van der Waals surface area contributed by atoms with Crippen molar-refractivity contribution in [2.24, 2.45) is 0 Å². The molecular weight excluding hydrogens is 382 g/mol. The predicted molar refractivity (Wildman–Crippen MR) is 118 cm³/mol. The zero-order valence-electron chi connectivity index (χ0n) is 17.4. The van der Waals surface area contributed by atoms with Crippen LogP contribution in [0.25, 0.3) is 11.0 Å². The van der Waals surface area contributed by atoms with E-state index in [4.69, 9.17) is 16.6 Å². The quantitative estimate of drug-likeness (QED) is 0.573. The fraction of sp³-hybridized carbons (Fsp3) is 0.417. The first-order valence-electron chi connectivity index (χ1n) is 10.4. The lowest BCUT2D eigenvalue weighted by atomic mass is 10.1. The molecule has 1 saturated heterocycles. The van der Waals surface area contributed by atoms with E-state index in [0.29, 0.717) is 6.04 Å². The molecule has 1 atom stereocenters. The van der Waals surface area contributed by atoms with Crippen LogP contribution in [-0.4, -0.2) is 32.9 Å². The Balaban J connectivity index is 1.66. The minimum absolute atomic E-state index is 0.188. The number of aromatic nitrogens is 2. The molecule has 3 aromatic rings. The van der Waals surface area contributed by atoms with Gasteiger partial charge in [0.2, 0.25) is 5.91 Å². The van der Waals surface area contributed by atoms with Gasteiger partial charge in [0.25, 0.3) is 0 Å². The second-order valence-corrected chi connectivity index (χ2v) is 8.65. The SMILES string of the molecule is CC(=O)N1CCCC1CCc1nc2cc(C)c(C)cc2n1Cc1ccc(Cl)cc1. The molecule has 2 heterocycles. The van der Waals surface area contributed by atoms with Crippen molar-refractivity contribution in [2.45, 2.75) is 59.0 Å². The molecule has 0 radical (unpaired) electrons. The monoisotopic (exact) mass is 409 g/mol. The van der Waals surface area contributed by atoms with Crippen LogP contribution in [0.4, 0.5) is 0 Å². The number of benzene rings is 2. The maximum absolute atomic E-state index is 11.9. The number of rotatable bonds is 5. The molecule has 152 valence electrons. The topological polar surface area (TPSA) is 38.1 Å². The van der Waals surface area contributed by atoms with Gasteiger partial charge in [0.1, 0.15) is 5.82 Å². The number of halogens is 1. The Morgan fingerprint density at radius 1 is 1.17 bits per heavy atom. The van der Waals surface area contributed by atoms with Crippen molar-refractivity contribution in [1.29, 1.82) is 0 Å². The molecule has 0 spiro atoms. The Hall–Kier alpha value is -2.33. The van der Waals surface area contributed by atoms with Gasteiger partial charge in [0.15, 0.2) is 0 Å². The first-order chi connectivity index (χ1) is 13.9. The molecule has 0 aliphatic carbocycles. The number of aryl methyl sites for hydroxylation is 3. The van der Waals surface area contributed by atoms with Crippen molar-refractivity contribution in [3.63, 3.8) is 0 Å². The first kappa shape index (κ1) is 20.0. The van der Waals surface area contributed by atoms with Crippen molar-refractivity contribution in [3.05, 3.63) is 63.9 Å². The number of carbonyl (C=O) groups excluding carboxylic acids is 1. The van der Waals surface area contributed by atoms with Crippen molar-refractivity contribution < 1.29 is 4.79 Å². The van der Waals surface area contributed by atoms with E-state index >= 15 is 0 Å². The van der Waals surface area contributed by atoms with Crippen LogP contribution >= 0.6 is 11.6 Å². The van der Waals surface area contributed by atoms with Gasteiger partial charge in [-0.1, -0.05) is 23.7 Å². The van der Waals surface area contributed by atoms with E-state index in [1.54, 1.807) is 6.92 Å². The molecule has 0 saturated carbocycles. The molecule has 5 heteroatoms. The molecule has 4 rings (SSSR count). The van der Waals surface area contributed by atoms with Crippen molar-refractivity contribution >= 4 is 28.5 Å². The number of fused-ring (bicyclic) bond motifs is 1. The molecule has 0 bridgehead atoms. The van der Waals surface area contributed by atoms with E-state index in [-0.39, 0.29) is 5.91 Å². The Bertz CT molecular complexity index is 1040. The van der Waals surface area contributed by atoms with Crippen LogP contribution in [-0.2, 0) is 17.8 Å². The fourth-order valence-electron chi connectivity index (χ4n) is 4.42. The van der Waals surface area contributed by atoms with Crippen LogP contribution in [0.3, 0.4) is 0 Å². The maximum Gasteiger partial charge on any atom is 0.219 e. The summed E-state index contributed by atoms with van der Waals surface area (Å²) in [5.41, 5.74) is 5.97. The van der Waals surface area contributed by atoms with Gasteiger partial charge >= 0.3 is 0 Å². The lowest BCUT2D eigenvalue weighted by Crippen LogP contribution is -2.34. The van der Waals surface area contributed by atoms with Gasteiger partial charge in [-0.3, -0.25) is 4.79 Å². The Labute approximate surface area is 177 Å². The summed E-state index contributed by atoms with van der Waals surface area (Å²) in [5.74, 6) is 1.28. The number of hydrogen-bond acceptors (Lipinski definition) is 2. The molecule has 29 heavy (non-hydrogen) atoms. The number of carbonyl (C=O) groups is 1. The van der Waals surface area contributed by atoms with Crippen molar-refractivity contribution in [1.82, 2.24) is 14.5 Å². The number of likely N-dealkylation sites (tertiary alicyclic amines) is 1. The Morgan fingerprint density at radius 3 is 2.62 bits per heavy atom. The molecule has 1 aromatic heterocycles. The van der Waals surface area contributed by atoms with E-state index in [1.165, 1.54) is 22.2 Å². The largest absolute Gasteiger partial charge is 0.340 e. The number of amides is 1. The van der Waals surface area contributed by atoms with E-state index in [9.17, 15) is 4.79 Å². The minimum Gasteiger partial charge on any atom is -0.340 e. The molecule has 2 aromatic carbocycles. The standard InChI is InChI=1S/C24H28ClN3O/c1-16-13-22-23(14-17(16)2)28(15-19-6-8-20(25)9-7-19)24(26-22)11-10-21-5-4-12-27(21)18(3)29/h6-9,13-14,21H,4-5,10-12,15H2,1-3H3. The molecule has 1 aliphatic heterocycles. The zero-order chi connectivity index (χ0) is 20.5. The van der Waals surface area contributed by atoms with E-state index < -0.39 is 0 Å². The van der Waals surface area contributed by atoms with Gasteiger partial charge in [-0.05, 0) is 74.1 Å². The minimum atomic E-state index is 0.188. The van der Waals surface area contributed by atoms with Crippen LogP contribution in [0.1, 0.15) is 48.7 Å². The second kappa shape index (κ2) is 8.19. The number of hydrogen-bond donors (Lipinski definition) is 0. The summed E-state index contributed by atoms with van der Waals surface area (Å²) in [7, 11) is 0. The highest BCUT2D eigenvalue weighted by molar-refractivity contribution is 6.30. The smallest absolute Gasteiger partial charge is 0.219 e. The predicted octanol–water partition coefficient (Wildman–Crippen LogP) is 5.30. The summed E-state index contributed by atoms with van der Waals surface area (Å²) < 4.78 is 2.33. The van der Waals surface area contributed by atoms with Crippen LogP contribution in [0, 0.1) is 13.8 Å². The molecule has 0 N–H and O–H groups in total. The summed E-state index contributed by atoms with van der Waals surface area (Å²) in [4.78, 5) is 18.9. The third-order valence-electron chi connectivity index (χ3n) is 6.18. The van der Waals surface area contributed by atoms with Gasteiger partial charge in [-0.25, -0.2) is 4.98 Å². The average molecular weight is 410 g/mol. The first-order valence-corrected chi connectivity index (χ1v) is 10.8. The number of imidazole rings is 1. The second-order valence-electron chi connectivity index (χ2n) is 8.21. The highest BCUT2D eigenvalue weighted by Gasteiger charge is 2.26. The lowest BCUT2D eigenvalue weighted by Gasteiger charge is -2.23. The summed E-state index contributed by atoms with van der Waals surface area (Å²) >= 11 is 6.07. The molecule has 1 unspecified atom stereocenters. The van der Waals surface area contributed by atoms with Gasteiger partial charge < -0.3 is 9.47 Å². The Kier molecular flexibility index (Phi) is 5.64. The normalized spacial score (nSPS) is 16.7. The zero-order valence-corrected chi connectivity index (χ0v) is 18.2. The molecule has 1 amide bonds. The summed E-state index contributed by atoms with van der Waals surface area (Å²) in [6.07, 6.45) is 4.02. The third kappa shape index (κ3) is 4.18. The molecule has 4 nitrogen and oxygen atoms in total. The van der Waals surface area contributed by atoms with E-state index in [1.807, 2.05) is 17.0 Å². The molecule has 1 fully saturated rings. The van der Waals surface area contributed by atoms with Gasteiger partial charge in [0.05, 0.1) is 11.0 Å². The summed E-state index contributed by atoms with van der Waals surface area (Å²) in [5, 5.41) is 0.751. The molecule has 1 aliphatic rings. The molecular formula is C24H28ClN3O. The van der Waals surface area contributed by atoms with Crippen LogP contribution in [0.5, 0.6) is 0 Å². The van der Waals surface area contributed by atoms with Gasteiger partial charge in [0, 0.05) is 37.5 Å². The highest BCUT2D eigenvalue weighted by atomic mass is 35.5. The van der Waals surface area contributed by atoms with Crippen LogP contribution in [0.15, 0.2) is 36.4 Å². The van der Waals surface area contributed by atoms with Crippen LogP contribution in [0.2, 0.25) is 5.02 Å². The number of nitrogens with zero attached hydrogens (tertiary/aromatic N) is 3. The van der Waals surface area contributed by atoms with Gasteiger partial charge in [-0.2, -0.15) is 0 Å². The van der Waals surface area contributed by atoms with E-state index in [2.05, 4.69) is 42.7 Å². The lowest BCUT2D eigenvalue weighted by molar-refractivity contribution is -0.129. The average Bonchev–Trinajstić information content (AvgIpc) is 3.28. The Morgan fingerprint density at radius 2 is 1.90 bits per heavy atom. The van der Waals surface area contributed by atoms with E-state index in [0.717, 1.165) is 55.1 Å². The van der Waals surface area contributed by atoms with Gasteiger partial charge in [-0.15, -0.1) is 0 Å². The highest BCUT2D eigenvalue weighted by Crippen LogP contribution is 2.26. The van der Waals surface area contributed by atoms with Crippen molar-refractivity contribution in [2.75, 3.05) is 6.54 Å². The summed E-state index contributed by atoms with van der Waals surface area (Å²) in [6, 6.07) is 12.8.